The lowest BCUT2D eigenvalue weighted by atomic mass is 10.1. The smallest absolute Gasteiger partial charge is 0.248 e. The van der Waals surface area contributed by atoms with Crippen LogP contribution in [0.5, 0.6) is 0 Å². The fourth-order valence-electron chi connectivity index (χ4n) is 1.85. The molecule has 19 heavy (non-hydrogen) atoms. The van der Waals surface area contributed by atoms with Gasteiger partial charge in [0.1, 0.15) is 0 Å². The normalized spacial score (nSPS) is 10.6. The number of nitrogens with two attached hydrogens (primary N) is 1. The van der Waals surface area contributed by atoms with Gasteiger partial charge in [-0.1, -0.05) is 12.1 Å². The summed E-state index contributed by atoms with van der Waals surface area (Å²) in [5.74, 6) is -0.385. The summed E-state index contributed by atoms with van der Waals surface area (Å²) in [6, 6.07) is 9.61. The van der Waals surface area contributed by atoms with Gasteiger partial charge in [-0.15, -0.1) is 11.3 Å². The molecule has 1 heterocycles. The molecule has 0 bridgehead atoms. The zero-order valence-electron chi connectivity index (χ0n) is 11.2. The number of aryl methyl sites for hydroxylation is 2. The second kappa shape index (κ2) is 5.99. The van der Waals surface area contributed by atoms with Crippen molar-refractivity contribution in [1.82, 2.24) is 5.32 Å². The lowest BCUT2D eigenvalue weighted by Gasteiger charge is -2.04. The third-order valence-electron chi connectivity index (χ3n) is 3.08. The molecule has 0 unspecified atom stereocenters. The molecule has 3 N–H and O–H groups in total. The number of thiophene rings is 1. The van der Waals surface area contributed by atoms with E-state index >= 15 is 0 Å². The van der Waals surface area contributed by atoms with E-state index in [4.69, 9.17) is 5.73 Å². The maximum atomic E-state index is 11.0. The molecule has 3 nitrogen and oxygen atoms in total. The molecule has 0 atom stereocenters. The van der Waals surface area contributed by atoms with E-state index in [9.17, 15) is 4.79 Å². The van der Waals surface area contributed by atoms with Crippen LogP contribution in [0.2, 0.25) is 0 Å². The average Bonchev–Trinajstić information content (AvgIpc) is 2.69. The predicted octanol–water partition coefficient (Wildman–Crippen LogP) is 2.75. The number of nitrogens with one attached hydrogen (secondary N) is 1. The van der Waals surface area contributed by atoms with Crippen molar-refractivity contribution in [3.05, 3.63) is 56.8 Å². The molecular weight excluding hydrogens is 256 g/mol. The SMILES string of the molecule is Cc1cc(CNCc2ccc(C(N)=O)cc2)sc1C. The number of hydrogen-bond donors (Lipinski definition) is 2. The molecule has 0 radical (unpaired) electrons. The fourth-order valence-corrected chi connectivity index (χ4v) is 2.88. The summed E-state index contributed by atoms with van der Waals surface area (Å²) in [6.45, 7) is 5.94. The summed E-state index contributed by atoms with van der Waals surface area (Å²) in [7, 11) is 0. The molecule has 0 saturated carbocycles. The molecule has 0 spiro atoms. The van der Waals surface area contributed by atoms with Crippen molar-refractivity contribution in [1.29, 1.82) is 0 Å². The summed E-state index contributed by atoms with van der Waals surface area (Å²) < 4.78 is 0. The van der Waals surface area contributed by atoms with Crippen LogP contribution in [0.3, 0.4) is 0 Å². The summed E-state index contributed by atoms with van der Waals surface area (Å²) in [4.78, 5) is 13.7. The first-order valence-corrected chi connectivity index (χ1v) is 7.03. The second-order valence-corrected chi connectivity index (χ2v) is 5.96. The van der Waals surface area contributed by atoms with Crippen LogP contribution in [0.4, 0.5) is 0 Å². The molecule has 4 heteroatoms. The van der Waals surface area contributed by atoms with Crippen molar-refractivity contribution >= 4 is 17.2 Å². The molecule has 2 aromatic rings. The van der Waals surface area contributed by atoms with E-state index in [1.165, 1.54) is 15.3 Å². The Bertz CT molecular complexity index is 553. The van der Waals surface area contributed by atoms with Gasteiger partial charge >= 0.3 is 0 Å². The number of rotatable bonds is 5. The van der Waals surface area contributed by atoms with Crippen molar-refractivity contribution in [3.8, 4) is 0 Å². The molecule has 0 fully saturated rings. The standard InChI is InChI=1S/C15H18N2OS/c1-10-7-14(19-11(10)2)9-17-8-12-3-5-13(6-4-12)15(16)18/h3-7,17H,8-9H2,1-2H3,(H2,16,18). The van der Waals surface area contributed by atoms with Gasteiger partial charge in [-0.25, -0.2) is 0 Å². The zero-order valence-corrected chi connectivity index (χ0v) is 12.0. The van der Waals surface area contributed by atoms with E-state index in [1.54, 1.807) is 12.1 Å². The van der Waals surface area contributed by atoms with Gasteiger partial charge in [0.2, 0.25) is 5.91 Å². The minimum Gasteiger partial charge on any atom is -0.366 e. The lowest BCUT2D eigenvalue weighted by Crippen LogP contribution is -2.13. The fraction of sp³-hybridized carbons (Fsp3) is 0.267. The van der Waals surface area contributed by atoms with E-state index in [2.05, 4.69) is 25.2 Å². The van der Waals surface area contributed by atoms with E-state index < -0.39 is 0 Å². The summed E-state index contributed by atoms with van der Waals surface area (Å²) in [6.07, 6.45) is 0. The van der Waals surface area contributed by atoms with Crippen molar-refractivity contribution in [2.24, 2.45) is 5.73 Å². The maximum absolute atomic E-state index is 11.0. The van der Waals surface area contributed by atoms with Gasteiger partial charge in [-0.05, 0) is 43.2 Å². The Hall–Kier alpha value is -1.65. The minimum absolute atomic E-state index is 0.385. The number of carbonyl (C=O) groups excluding carboxylic acids is 1. The second-order valence-electron chi connectivity index (χ2n) is 4.62. The molecule has 1 aromatic carbocycles. The highest BCUT2D eigenvalue weighted by Gasteiger charge is 2.02. The Morgan fingerprint density at radius 2 is 1.89 bits per heavy atom. The Morgan fingerprint density at radius 1 is 1.21 bits per heavy atom. The van der Waals surface area contributed by atoms with Gasteiger partial charge in [0.25, 0.3) is 0 Å². The van der Waals surface area contributed by atoms with Crippen LogP contribution in [0.25, 0.3) is 0 Å². The van der Waals surface area contributed by atoms with Crippen LogP contribution in [0, 0.1) is 13.8 Å². The number of carbonyl (C=O) groups is 1. The van der Waals surface area contributed by atoms with Crippen LogP contribution < -0.4 is 11.1 Å². The predicted molar refractivity (Wildman–Crippen MR) is 79.3 cm³/mol. The van der Waals surface area contributed by atoms with Crippen molar-refractivity contribution in [2.45, 2.75) is 26.9 Å². The third-order valence-corrected chi connectivity index (χ3v) is 4.24. The molecule has 0 aliphatic carbocycles. The van der Waals surface area contributed by atoms with E-state index in [-0.39, 0.29) is 5.91 Å². The minimum atomic E-state index is -0.385. The van der Waals surface area contributed by atoms with Crippen molar-refractivity contribution < 1.29 is 4.79 Å². The van der Waals surface area contributed by atoms with Crippen LogP contribution in [0.15, 0.2) is 30.3 Å². The lowest BCUT2D eigenvalue weighted by molar-refractivity contribution is 0.100. The van der Waals surface area contributed by atoms with Gasteiger partial charge < -0.3 is 11.1 Å². The molecule has 1 amide bonds. The average molecular weight is 274 g/mol. The third kappa shape index (κ3) is 3.66. The number of benzene rings is 1. The van der Waals surface area contributed by atoms with Gasteiger partial charge in [0.05, 0.1) is 0 Å². The molecular formula is C15H18N2OS. The first-order chi connectivity index (χ1) is 9.06. The first kappa shape index (κ1) is 13.8. The molecule has 2 rings (SSSR count). The van der Waals surface area contributed by atoms with Crippen LogP contribution in [-0.4, -0.2) is 5.91 Å². The Kier molecular flexibility index (Phi) is 4.35. The van der Waals surface area contributed by atoms with Crippen LogP contribution in [-0.2, 0) is 13.1 Å². The quantitative estimate of drug-likeness (QED) is 0.881. The zero-order chi connectivity index (χ0) is 13.8. The first-order valence-electron chi connectivity index (χ1n) is 6.21. The summed E-state index contributed by atoms with van der Waals surface area (Å²) in [5, 5.41) is 3.40. The van der Waals surface area contributed by atoms with Gasteiger partial charge in [0, 0.05) is 28.4 Å². The highest BCUT2D eigenvalue weighted by molar-refractivity contribution is 7.12. The van der Waals surface area contributed by atoms with Crippen LogP contribution in [0.1, 0.15) is 31.2 Å². The summed E-state index contributed by atoms with van der Waals surface area (Å²) >= 11 is 1.83. The molecule has 0 aliphatic rings. The maximum Gasteiger partial charge on any atom is 0.248 e. The Labute approximate surface area is 117 Å². The van der Waals surface area contributed by atoms with Gasteiger partial charge in [0.15, 0.2) is 0 Å². The Balaban J connectivity index is 1.87. The van der Waals surface area contributed by atoms with Crippen LogP contribution >= 0.6 is 11.3 Å². The highest BCUT2D eigenvalue weighted by Crippen LogP contribution is 2.20. The molecule has 1 aromatic heterocycles. The number of amides is 1. The van der Waals surface area contributed by atoms with Crippen molar-refractivity contribution in [2.75, 3.05) is 0 Å². The largest absolute Gasteiger partial charge is 0.366 e. The number of hydrogen-bond acceptors (Lipinski definition) is 3. The highest BCUT2D eigenvalue weighted by atomic mass is 32.1. The van der Waals surface area contributed by atoms with E-state index in [0.717, 1.165) is 18.7 Å². The molecule has 100 valence electrons. The summed E-state index contributed by atoms with van der Waals surface area (Å²) in [5.41, 5.74) is 8.25. The monoisotopic (exact) mass is 274 g/mol. The molecule has 0 aliphatic heterocycles. The topological polar surface area (TPSA) is 55.1 Å². The van der Waals surface area contributed by atoms with E-state index in [0.29, 0.717) is 5.56 Å². The Morgan fingerprint density at radius 3 is 2.42 bits per heavy atom. The van der Waals surface area contributed by atoms with E-state index in [1.807, 2.05) is 23.5 Å². The van der Waals surface area contributed by atoms with Gasteiger partial charge in [-0.3, -0.25) is 4.79 Å². The molecule has 0 saturated heterocycles. The number of primary amides is 1. The van der Waals surface area contributed by atoms with Gasteiger partial charge in [-0.2, -0.15) is 0 Å². The van der Waals surface area contributed by atoms with Crippen molar-refractivity contribution in [3.63, 3.8) is 0 Å².